The Hall–Kier alpha value is -0.120. The summed E-state index contributed by atoms with van der Waals surface area (Å²) >= 11 is 0. The van der Waals surface area contributed by atoms with E-state index in [0.717, 1.165) is 19.8 Å². The SMILES string of the molecule is CCOCCOC1CC(NC)C12CCCCC2. The summed E-state index contributed by atoms with van der Waals surface area (Å²) in [6.07, 6.45) is 8.51. The molecule has 100 valence electrons. The Bertz CT molecular complexity index is 226. The van der Waals surface area contributed by atoms with Crippen molar-refractivity contribution in [2.75, 3.05) is 26.9 Å². The Labute approximate surface area is 105 Å². The van der Waals surface area contributed by atoms with Gasteiger partial charge in [0.2, 0.25) is 0 Å². The van der Waals surface area contributed by atoms with Crippen molar-refractivity contribution in [2.24, 2.45) is 5.41 Å². The highest BCUT2D eigenvalue weighted by Crippen LogP contribution is 2.53. The fourth-order valence-electron chi connectivity index (χ4n) is 3.66. The predicted molar refractivity (Wildman–Crippen MR) is 69.2 cm³/mol. The van der Waals surface area contributed by atoms with Crippen LogP contribution in [0.4, 0.5) is 0 Å². The first-order valence-electron chi connectivity index (χ1n) is 7.20. The van der Waals surface area contributed by atoms with Crippen LogP contribution in [0.25, 0.3) is 0 Å². The monoisotopic (exact) mass is 241 g/mol. The standard InChI is InChI=1S/C14H27NO2/c1-3-16-9-10-17-13-11-12(15-2)14(13)7-5-4-6-8-14/h12-13,15H,3-11H2,1-2H3. The molecule has 2 unspecified atom stereocenters. The van der Waals surface area contributed by atoms with Gasteiger partial charge in [-0.3, -0.25) is 0 Å². The van der Waals surface area contributed by atoms with Crippen molar-refractivity contribution < 1.29 is 9.47 Å². The number of hydrogen-bond acceptors (Lipinski definition) is 3. The smallest absolute Gasteiger partial charge is 0.0704 e. The Morgan fingerprint density at radius 1 is 1.18 bits per heavy atom. The minimum atomic E-state index is 0.444. The minimum absolute atomic E-state index is 0.444. The van der Waals surface area contributed by atoms with Crippen LogP contribution in [-0.4, -0.2) is 39.0 Å². The third-order valence-corrected chi connectivity index (χ3v) is 4.67. The summed E-state index contributed by atoms with van der Waals surface area (Å²) in [6, 6.07) is 0.680. The lowest BCUT2D eigenvalue weighted by Crippen LogP contribution is -2.63. The van der Waals surface area contributed by atoms with E-state index < -0.39 is 0 Å². The summed E-state index contributed by atoms with van der Waals surface area (Å²) in [4.78, 5) is 0. The molecule has 17 heavy (non-hydrogen) atoms. The Kier molecular flexibility index (Phi) is 4.83. The molecule has 0 aliphatic heterocycles. The molecule has 2 saturated carbocycles. The molecule has 3 nitrogen and oxygen atoms in total. The third-order valence-electron chi connectivity index (χ3n) is 4.67. The molecule has 0 aromatic heterocycles. The van der Waals surface area contributed by atoms with Gasteiger partial charge in [-0.05, 0) is 33.2 Å². The van der Waals surface area contributed by atoms with Crippen LogP contribution in [0.2, 0.25) is 0 Å². The van der Waals surface area contributed by atoms with Gasteiger partial charge in [0.05, 0.1) is 19.3 Å². The largest absolute Gasteiger partial charge is 0.379 e. The lowest BCUT2D eigenvalue weighted by molar-refractivity contribution is -0.157. The number of nitrogens with one attached hydrogen (secondary N) is 1. The fourth-order valence-corrected chi connectivity index (χ4v) is 3.66. The molecule has 0 radical (unpaired) electrons. The van der Waals surface area contributed by atoms with E-state index in [1.807, 2.05) is 6.92 Å². The second-order valence-electron chi connectivity index (χ2n) is 5.43. The van der Waals surface area contributed by atoms with Gasteiger partial charge in [-0.2, -0.15) is 0 Å². The molecular formula is C14H27NO2. The quantitative estimate of drug-likeness (QED) is 0.724. The van der Waals surface area contributed by atoms with E-state index >= 15 is 0 Å². The van der Waals surface area contributed by atoms with Crippen LogP contribution in [0, 0.1) is 5.41 Å². The zero-order chi connectivity index (χ0) is 12.1. The van der Waals surface area contributed by atoms with Crippen molar-refractivity contribution in [3.8, 4) is 0 Å². The zero-order valence-corrected chi connectivity index (χ0v) is 11.3. The number of hydrogen-bond donors (Lipinski definition) is 1. The second-order valence-corrected chi connectivity index (χ2v) is 5.43. The predicted octanol–water partition coefficient (Wildman–Crippen LogP) is 2.35. The van der Waals surface area contributed by atoms with Gasteiger partial charge >= 0.3 is 0 Å². The van der Waals surface area contributed by atoms with Gasteiger partial charge < -0.3 is 14.8 Å². The van der Waals surface area contributed by atoms with E-state index in [1.54, 1.807) is 0 Å². The summed E-state index contributed by atoms with van der Waals surface area (Å²) in [5.74, 6) is 0. The molecule has 0 aromatic carbocycles. The molecule has 2 atom stereocenters. The van der Waals surface area contributed by atoms with Gasteiger partial charge in [-0.25, -0.2) is 0 Å². The van der Waals surface area contributed by atoms with Crippen LogP contribution in [-0.2, 0) is 9.47 Å². The zero-order valence-electron chi connectivity index (χ0n) is 11.3. The molecule has 2 fully saturated rings. The van der Waals surface area contributed by atoms with Gasteiger partial charge in [0.15, 0.2) is 0 Å². The minimum Gasteiger partial charge on any atom is -0.379 e. The number of ether oxygens (including phenoxy) is 2. The van der Waals surface area contributed by atoms with Crippen molar-refractivity contribution in [1.82, 2.24) is 5.32 Å². The average molecular weight is 241 g/mol. The molecule has 0 aromatic rings. The summed E-state index contributed by atoms with van der Waals surface area (Å²) in [6.45, 7) is 4.32. The van der Waals surface area contributed by atoms with Crippen molar-refractivity contribution >= 4 is 0 Å². The summed E-state index contributed by atoms with van der Waals surface area (Å²) in [5, 5.41) is 3.48. The van der Waals surface area contributed by atoms with Crippen LogP contribution in [0.5, 0.6) is 0 Å². The highest BCUT2D eigenvalue weighted by molar-refractivity contribution is 5.08. The van der Waals surface area contributed by atoms with Gasteiger partial charge in [-0.15, -0.1) is 0 Å². The molecule has 0 saturated heterocycles. The maximum atomic E-state index is 6.04. The van der Waals surface area contributed by atoms with Crippen LogP contribution in [0.3, 0.4) is 0 Å². The lowest BCUT2D eigenvalue weighted by Gasteiger charge is -2.57. The van der Waals surface area contributed by atoms with Crippen LogP contribution in [0.15, 0.2) is 0 Å². The van der Waals surface area contributed by atoms with E-state index in [1.165, 1.54) is 38.5 Å². The van der Waals surface area contributed by atoms with Crippen molar-refractivity contribution in [3.63, 3.8) is 0 Å². The van der Waals surface area contributed by atoms with Gasteiger partial charge in [-0.1, -0.05) is 19.3 Å². The first-order chi connectivity index (χ1) is 8.33. The van der Waals surface area contributed by atoms with Crippen LogP contribution in [0.1, 0.15) is 45.4 Å². The van der Waals surface area contributed by atoms with Crippen molar-refractivity contribution in [3.05, 3.63) is 0 Å². The Morgan fingerprint density at radius 2 is 1.94 bits per heavy atom. The molecule has 0 heterocycles. The number of rotatable bonds is 6. The molecule has 0 bridgehead atoms. The summed E-state index contributed by atoms with van der Waals surface area (Å²) < 4.78 is 11.4. The molecule has 0 amide bonds. The lowest BCUT2D eigenvalue weighted by atomic mass is 9.55. The summed E-state index contributed by atoms with van der Waals surface area (Å²) in [5.41, 5.74) is 0.444. The molecule has 2 aliphatic carbocycles. The highest BCUT2D eigenvalue weighted by atomic mass is 16.5. The first-order valence-corrected chi connectivity index (χ1v) is 7.20. The maximum Gasteiger partial charge on any atom is 0.0704 e. The van der Waals surface area contributed by atoms with Crippen LogP contribution < -0.4 is 5.32 Å². The fraction of sp³-hybridized carbons (Fsp3) is 1.00. The van der Waals surface area contributed by atoms with Crippen molar-refractivity contribution in [2.45, 2.75) is 57.6 Å². The molecule has 2 aliphatic rings. The second kappa shape index (κ2) is 6.17. The molecular weight excluding hydrogens is 214 g/mol. The van der Waals surface area contributed by atoms with E-state index in [9.17, 15) is 0 Å². The van der Waals surface area contributed by atoms with E-state index in [0.29, 0.717) is 17.6 Å². The van der Waals surface area contributed by atoms with Crippen molar-refractivity contribution in [1.29, 1.82) is 0 Å². The van der Waals surface area contributed by atoms with E-state index in [2.05, 4.69) is 12.4 Å². The van der Waals surface area contributed by atoms with Gasteiger partial charge in [0.25, 0.3) is 0 Å². The normalized spacial score (nSPS) is 31.4. The molecule has 1 spiro atoms. The van der Waals surface area contributed by atoms with E-state index in [-0.39, 0.29) is 0 Å². The summed E-state index contributed by atoms with van der Waals surface area (Å²) in [7, 11) is 2.09. The molecule has 3 heteroatoms. The Balaban J connectivity index is 1.81. The Morgan fingerprint density at radius 3 is 2.59 bits per heavy atom. The van der Waals surface area contributed by atoms with Crippen LogP contribution >= 0.6 is 0 Å². The molecule has 2 rings (SSSR count). The third kappa shape index (κ3) is 2.67. The first kappa shape index (κ1) is 13.3. The maximum absolute atomic E-state index is 6.04. The van der Waals surface area contributed by atoms with E-state index in [4.69, 9.17) is 9.47 Å². The topological polar surface area (TPSA) is 30.5 Å². The van der Waals surface area contributed by atoms with Gasteiger partial charge in [0, 0.05) is 18.1 Å². The van der Waals surface area contributed by atoms with Gasteiger partial charge in [0.1, 0.15) is 0 Å². The highest BCUT2D eigenvalue weighted by Gasteiger charge is 2.54. The average Bonchev–Trinajstić information content (AvgIpc) is 2.38. The molecule has 1 N–H and O–H groups in total.